The topological polar surface area (TPSA) is 29.3 Å². The molecule has 1 aliphatic carbocycles. The van der Waals surface area contributed by atoms with Crippen molar-refractivity contribution in [1.29, 1.82) is 0 Å². The molecule has 0 bridgehead atoms. The second-order valence-corrected chi connectivity index (χ2v) is 5.78. The lowest BCUT2D eigenvalue weighted by Crippen LogP contribution is -2.33. The molecule has 0 saturated heterocycles. The van der Waals surface area contributed by atoms with Gasteiger partial charge in [-0.3, -0.25) is 4.90 Å². The molecule has 0 spiro atoms. The Morgan fingerprint density at radius 2 is 1.94 bits per heavy atom. The third-order valence-corrected chi connectivity index (χ3v) is 4.24. The summed E-state index contributed by atoms with van der Waals surface area (Å²) in [5, 5.41) is 0.796. The Kier molecular flexibility index (Phi) is 3.76. The van der Waals surface area contributed by atoms with Crippen LogP contribution in [0.5, 0.6) is 0 Å². The summed E-state index contributed by atoms with van der Waals surface area (Å²) in [6.07, 6.45) is 2.56. The van der Waals surface area contributed by atoms with E-state index in [0.717, 1.165) is 18.1 Å². The van der Waals surface area contributed by atoms with Crippen molar-refractivity contribution in [3.8, 4) is 0 Å². The quantitative estimate of drug-likeness (QED) is 0.873. The normalized spacial score (nSPS) is 19.4. The molecule has 2 nitrogen and oxygen atoms in total. The van der Waals surface area contributed by atoms with E-state index < -0.39 is 0 Å². The Bertz CT molecular complexity index is 370. The van der Waals surface area contributed by atoms with Gasteiger partial charge in [0.2, 0.25) is 0 Å². The van der Waals surface area contributed by atoms with Crippen molar-refractivity contribution < 1.29 is 0 Å². The van der Waals surface area contributed by atoms with Crippen molar-refractivity contribution in [2.75, 3.05) is 20.1 Å². The highest BCUT2D eigenvalue weighted by molar-refractivity contribution is 6.30. The molecule has 2 rings (SSSR count). The van der Waals surface area contributed by atoms with Crippen LogP contribution >= 0.6 is 11.6 Å². The molecule has 1 aromatic carbocycles. The summed E-state index contributed by atoms with van der Waals surface area (Å²) >= 11 is 5.90. The van der Waals surface area contributed by atoms with Gasteiger partial charge in [-0.2, -0.15) is 0 Å². The maximum atomic E-state index is 5.90. The van der Waals surface area contributed by atoms with Crippen molar-refractivity contribution in [3.05, 3.63) is 34.9 Å². The van der Waals surface area contributed by atoms with E-state index in [0.29, 0.717) is 11.5 Å². The summed E-state index contributed by atoms with van der Waals surface area (Å²) in [6, 6.07) is 8.53. The number of benzene rings is 1. The van der Waals surface area contributed by atoms with Crippen molar-refractivity contribution in [2.24, 2.45) is 11.1 Å². The molecule has 0 aromatic heterocycles. The first-order valence-corrected chi connectivity index (χ1v) is 6.60. The fraction of sp³-hybridized carbons (Fsp3) is 0.571. The van der Waals surface area contributed by atoms with Crippen LogP contribution in [0.15, 0.2) is 24.3 Å². The highest BCUT2D eigenvalue weighted by atomic mass is 35.5. The maximum absolute atomic E-state index is 5.90. The molecule has 1 aromatic rings. The Hall–Kier alpha value is -0.570. The number of hydrogen-bond acceptors (Lipinski definition) is 2. The van der Waals surface area contributed by atoms with E-state index in [2.05, 4.69) is 31.0 Å². The number of nitrogens with two attached hydrogens (primary N) is 1. The molecular weight excluding hydrogens is 232 g/mol. The summed E-state index contributed by atoms with van der Waals surface area (Å²) in [4.78, 5) is 2.39. The molecule has 1 atom stereocenters. The first-order chi connectivity index (χ1) is 8.06. The van der Waals surface area contributed by atoms with Crippen LogP contribution in [-0.2, 0) is 0 Å². The first kappa shape index (κ1) is 12.9. The van der Waals surface area contributed by atoms with Gasteiger partial charge in [-0.05, 0) is 56.5 Å². The van der Waals surface area contributed by atoms with Gasteiger partial charge in [0.1, 0.15) is 0 Å². The van der Waals surface area contributed by atoms with Gasteiger partial charge in [-0.25, -0.2) is 0 Å². The lowest BCUT2D eigenvalue weighted by atomic mass is 10.0. The molecule has 1 fully saturated rings. The molecule has 1 unspecified atom stereocenters. The zero-order chi connectivity index (χ0) is 12.5. The number of rotatable bonds is 5. The van der Waals surface area contributed by atoms with E-state index in [1.165, 1.54) is 18.4 Å². The lowest BCUT2D eigenvalue weighted by Gasteiger charge is -2.29. The Morgan fingerprint density at radius 3 is 2.41 bits per heavy atom. The van der Waals surface area contributed by atoms with Gasteiger partial charge >= 0.3 is 0 Å². The van der Waals surface area contributed by atoms with E-state index in [-0.39, 0.29) is 0 Å². The van der Waals surface area contributed by atoms with Crippen molar-refractivity contribution in [3.63, 3.8) is 0 Å². The third-order valence-electron chi connectivity index (χ3n) is 3.99. The van der Waals surface area contributed by atoms with Gasteiger partial charge in [-0.15, -0.1) is 0 Å². The van der Waals surface area contributed by atoms with Crippen LogP contribution < -0.4 is 5.73 Å². The molecule has 0 amide bonds. The minimum atomic E-state index is 0.398. The first-order valence-electron chi connectivity index (χ1n) is 6.22. The average molecular weight is 253 g/mol. The highest BCUT2D eigenvalue weighted by Crippen LogP contribution is 2.45. The van der Waals surface area contributed by atoms with Crippen LogP contribution in [0, 0.1) is 5.41 Å². The fourth-order valence-corrected chi connectivity index (χ4v) is 2.39. The molecule has 3 heteroatoms. The van der Waals surface area contributed by atoms with Crippen LogP contribution in [0.25, 0.3) is 0 Å². The summed E-state index contributed by atoms with van der Waals surface area (Å²) in [5.74, 6) is 0. The molecule has 0 radical (unpaired) electrons. The maximum Gasteiger partial charge on any atom is 0.0406 e. The molecule has 2 N–H and O–H groups in total. The lowest BCUT2D eigenvalue weighted by molar-refractivity contribution is 0.212. The smallest absolute Gasteiger partial charge is 0.0406 e. The minimum absolute atomic E-state index is 0.398. The third kappa shape index (κ3) is 3.01. The SMILES string of the molecule is CC(c1ccc(Cl)cc1)N(C)CC1(CN)CC1. The van der Waals surface area contributed by atoms with Crippen LogP contribution in [0.2, 0.25) is 5.02 Å². The van der Waals surface area contributed by atoms with Gasteiger partial charge in [-0.1, -0.05) is 23.7 Å². The summed E-state index contributed by atoms with van der Waals surface area (Å²) in [6.45, 7) is 4.13. The number of hydrogen-bond donors (Lipinski definition) is 1. The number of halogens is 1. The van der Waals surface area contributed by atoms with Crippen LogP contribution in [0.3, 0.4) is 0 Å². The van der Waals surface area contributed by atoms with Gasteiger partial charge in [0, 0.05) is 17.6 Å². The van der Waals surface area contributed by atoms with Gasteiger partial charge in [0.05, 0.1) is 0 Å². The average Bonchev–Trinajstić information content (AvgIpc) is 3.09. The van der Waals surface area contributed by atoms with E-state index in [1.54, 1.807) is 0 Å². The second-order valence-electron chi connectivity index (χ2n) is 5.35. The van der Waals surface area contributed by atoms with E-state index in [1.807, 2.05) is 12.1 Å². The monoisotopic (exact) mass is 252 g/mol. The molecule has 0 heterocycles. The molecular formula is C14H21ClN2. The van der Waals surface area contributed by atoms with Crippen LogP contribution in [0.1, 0.15) is 31.4 Å². The molecule has 17 heavy (non-hydrogen) atoms. The van der Waals surface area contributed by atoms with Gasteiger partial charge in [0.15, 0.2) is 0 Å². The van der Waals surface area contributed by atoms with Crippen LogP contribution in [-0.4, -0.2) is 25.0 Å². The van der Waals surface area contributed by atoms with Crippen molar-refractivity contribution >= 4 is 11.6 Å². The Balaban J connectivity index is 1.99. The predicted molar refractivity (Wildman–Crippen MR) is 73.2 cm³/mol. The zero-order valence-corrected chi connectivity index (χ0v) is 11.4. The van der Waals surface area contributed by atoms with E-state index >= 15 is 0 Å². The van der Waals surface area contributed by atoms with E-state index in [9.17, 15) is 0 Å². The summed E-state index contributed by atoms with van der Waals surface area (Å²) in [7, 11) is 2.18. The molecule has 94 valence electrons. The fourth-order valence-electron chi connectivity index (χ4n) is 2.27. The molecule has 1 aliphatic rings. The van der Waals surface area contributed by atoms with Crippen molar-refractivity contribution in [2.45, 2.75) is 25.8 Å². The van der Waals surface area contributed by atoms with Crippen LogP contribution in [0.4, 0.5) is 0 Å². The van der Waals surface area contributed by atoms with Crippen molar-refractivity contribution in [1.82, 2.24) is 4.90 Å². The summed E-state index contributed by atoms with van der Waals surface area (Å²) in [5.41, 5.74) is 7.54. The minimum Gasteiger partial charge on any atom is -0.330 e. The Labute approximate surface area is 109 Å². The second kappa shape index (κ2) is 4.97. The van der Waals surface area contributed by atoms with Gasteiger partial charge in [0.25, 0.3) is 0 Å². The number of nitrogens with zero attached hydrogens (tertiary/aromatic N) is 1. The van der Waals surface area contributed by atoms with E-state index in [4.69, 9.17) is 17.3 Å². The highest BCUT2D eigenvalue weighted by Gasteiger charge is 2.42. The largest absolute Gasteiger partial charge is 0.330 e. The molecule has 1 saturated carbocycles. The summed E-state index contributed by atoms with van der Waals surface area (Å²) < 4.78 is 0. The predicted octanol–water partition coefficient (Wildman–Crippen LogP) is 3.07. The zero-order valence-electron chi connectivity index (χ0n) is 10.6. The standard InChI is InChI=1S/C14H21ClN2/c1-11(12-3-5-13(15)6-4-12)17(2)10-14(9-16)7-8-14/h3-6,11H,7-10,16H2,1-2H3. The van der Waals surface area contributed by atoms with Gasteiger partial charge < -0.3 is 5.73 Å². The Morgan fingerprint density at radius 1 is 1.35 bits per heavy atom. The molecule has 0 aliphatic heterocycles.